The van der Waals surface area contributed by atoms with Crippen molar-refractivity contribution in [3.63, 3.8) is 0 Å². The number of hydrogen-bond donors (Lipinski definition) is 1. The minimum atomic E-state index is -0.232. The molecule has 0 aliphatic rings. The van der Waals surface area contributed by atoms with E-state index in [9.17, 15) is 4.79 Å². The van der Waals surface area contributed by atoms with Gasteiger partial charge in [0.25, 0.3) is 5.91 Å². The third kappa shape index (κ3) is 4.40. The van der Waals surface area contributed by atoms with Crippen molar-refractivity contribution in [1.82, 2.24) is 20.0 Å². The van der Waals surface area contributed by atoms with Crippen LogP contribution in [0.25, 0.3) is 5.69 Å². The number of rotatable bonds is 8. The van der Waals surface area contributed by atoms with Crippen LogP contribution in [0.4, 0.5) is 0 Å². The fourth-order valence-electron chi connectivity index (χ4n) is 3.05. The van der Waals surface area contributed by atoms with Gasteiger partial charge in [0.15, 0.2) is 5.69 Å². The Morgan fingerprint density at radius 1 is 1.22 bits per heavy atom. The molecule has 2 aromatic heterocycles. The molecule has 0 saturated heterocycles. The lowest BCUT2D eigenvalue weighted by Crippen LogP contribution is -2.38. The lowest BCUT2D eigenvalue weighted by molar-refractivity contribution is 0.0924. The summed E-state index contributed by atoms with van der Waals surface area (Å²) in [5.41, 5.74) is 1.07. The van der Waals surface area contributed by atoms with Gasteiger partial charge < -0.3 is 9.73 Å². The molecule has 1 N–H and O–H groups in total. The van der Waals surface area contributed by atoms with Crippen LogP contribution in [-0.2, 0) is 0 Å². The number of para-hydroxylation sites is 1. The van der Waals surface area contributed by atoms with E-state index >= 15 is 0 Å². The maximum absolute atomic E-state index is 12.6. The Kier molecular flexibility index (Phi) is 6.32. The monoisotopic (exact) mass is 386 g/mol. The van der Waals surface area contributed by atoms with Gasteiger partial charge in [-0.15, -0.1) is 0 Å². The number of aromatic nitrogens is 2. The highest BCUT2D eigenvalue weighted by Gasteiger charge is 2.22. The summed E-state index contributed by atoms with van der Waals surface area (Å²) in [5, 5.41) is 7.89. The highest BCUT2D eigenvalue weighted by Crippen LogP contribution is 2.21. The van der Waals surface area contributed by atoms with Crippen molar-refractivity contribution in [3.8, 4) is 5.69 Å². The number of likely N-dealkylation sites (N-methyl/N-ethyl adjacent to an activating group) is 1. The summed E-state index contributed by atoms with van der Waals surface area (Å²) in [6.07, 6.45) is 3.38. The van der Waals surface area contributed by atoms with E-state index in [-0.39, 0.29) is 11.9 Å². The molecule has 0 aliphatic heterocycles. The maximum atomic E-state index is 12.6. The maximum Gasteiger partial charge on any atom is 0.271 e. The van der Waals surface area contributed by atoms with Crippen LogP contribution in [-0.4, -0.2) is 40.2 Å². The Bertz CT molecular complexity index is 872. The SMILES string of the molecule is CCN(CC)C(CNC(=O)c1ccn(-c2ccccc2Cl)n1)c1ccco1. The quantitative estimate of drug-likeness (QED) is 0.637. The fraction of sp³-hybridized carbons (Fsp3) is 0.300. The Morgan fingerprint density at radius 3 is 2.67 bits per heavy atom. The van der Waals surface area contributed by atoms with Crippen LogP contribution in [0.5, 0.6) is 0 Å². The number of amides is 1. The van der Waals surface area contributed by atoms with Gasteiger partial charge in [0.05, 0.1) is 23.0 Å². The summed E-state index contributed by atoms with van der Waals surface area (Å²) < 4.78 is 7.17. The average Bonchev–Trinajstić information content (AvgIpc) is 3.37. The number of carbonyl (C=O) groups excluding carboxylic acids is 1. The van der Waals surface area contributed by atoms with Gasteiger partial charge in [-0.25, -0.2) is 4.68 Å². The smallest absolute Gasteiger partial charge is 0.271 e. The Hall–Kier alpha value is -2.57. The van der Waals surface area contributed by atoms with Crippen LogP contribution < -0.4 is 5.32 Å². The first-order valence-electron chi connectivity index (χ1n) is 9.00. The molecule has 6 nitrogen and oxygen atoms in total. The van der Waals surface area contributed by atoms with Crippen molar-refractivity contribution in [2.45, 2.75) is 19.9 Å². The van der Waals surface area contributed by atoms with E-state index in [1.807, 2.05) is 30.3 Å². The lowest BCUT2D eigenvalue weighted by atomic mass is 10.2. The molecule has 2 heterocycles. The number of hydrogen-bond acceptors (Lipinski definition) is 4. The topological polar surface area (TPSA) is 63.3 Å². The molecule has 0 spiro atoms. The Morgan fingerprint density at radius 2 is 2.00 bits per heavy atom. The molecular formula is C20H23ClN4O2. The number of carbonyl (C=O) groups is 1. The zero-order chi connectivity index (χ0) is 19.2. The average molecular weight is 387 g/mol. The van der Waals surface area contributed by atoms with Gasteiger partial charge in [-0.2, -0.15) is 5.10 Å². The molecule has 1 amide bonds. The number of nitrogens with zero attached hydrogens (tertiary/aromatic N) is 3. The molecule has 7 heteroatoms. The number of furan rings is 1. The molecule has 0 aliphatic carbocycles. The second-order valence-electron chi connectivity index (χ2n) is 6.06. The first-order chi connectivity index (χ1) is 13.1. The van der Waals surface area contributed by atoms with E-state index in [1.165, 1.54) is 0 Å². The molecular weight excluding hydrogens is 364 g/mol. The van der Waals surface area contributed by atoms with Crippen LogP contribution >= 0.6 is 11.6 Å². The molecule has 0 bridgehead atoms. The largest absolute Gasteiger partial charge is 0.468 e. The normalized spacial score (nSPS) is 12.3. The van der Waals surface area contributed by atoms with Crippen LogP contribution in [0.3, 0.4) is 0 Å². The summed E-state index contributed by atoms with van der Waals surface area (Å²) in [6, 6.07) is 12.8. The first-order valence-corrected chi connectivity index (χ1v) is 9.38. The van der Waals surface area contributed by atoms with Gasteiger partial charge in [0, 0.05) is 12.7 Å². The molecule has 0 radical (unpaired) electrons. The molecule has 1 atom stereocenters. The van der Waals surface area contributed by atoms with Gasteiger partial charge in [-0.3, -0.25) is 9.69 Å². The molecule has 0 fully saturated rings. The zero-order valence-corrected chi connectivity index (χ0v) is 16.2. The minimum Gasteiger partial charge on any atom is -0.468 e. The van der Waals surface area contributed by atoms with Gasteiger partial charge in [-0.1, -0.05) is 37.6 Å². The first kappa shape index (κ1) is 19.2. The highest BCUT2D eigenvalue weighted by molar-refractivity contribution is 6.32. The summed E-state index contributed by atoms with van der Waals surface area (Å²) in [6.45, 7) is 6.34. The predicted octanol–water partition coefficient (Wildman–Crippen LogP) is 3.93. The zero-order valence-electron chi connectivity index (χ0n) is 15.4. The van der Waals surface area contributed by atoms with Gasteiger partial charge >= 0.3 is 0 Å². The third-order valence-electron chi connectivity index (χ3n) is 4.50. The van der Waals surface area contributed by atoms with Crippen molar-refractivity contribution >= 4 is 17.5 Å². The Labute approximate surface area is 163 Å². The van der Waals surface area contributed by atoms with E-state index in [4.69, 9.17) is 16.0 Å². The number of benzene rings is 1. The summed E-state index contributed by atoms with van der Waals surface area (Å²) in [7, 11) is 0. The van der Waals surface area contributed by atoms with E-state index in [1.54, 1.807) is 29.3 Å². The van der Waals surface area contributed by atoms with E-state index in [0.29, 0.717) is 17.3 Å². The Balaban J connectivity index is 1.71. The van der Waals surface area contributed by atoms with Gasteiger partial charge in [0.1, 0.15) is 5.76 Å². The molecule has 1 unspecified atom stereocenters. The van der Waals surface area contributed by atoms with Crippen molar-refractivity contribution in [2.75, 3.05) is 19.6 Å². The van der Waals surface area contributed by atoms with Crippen molar-refractivity contribution in [1.29, 1.82) is 0 Å². The van der Waals surface area contributed by atoms with Crippen molar-refractivity contribution in [2.24, 2.45) is 0 Å². The molecule has 0 saturated carbocycles. The minimum absolute atomic E-state index is 0.0235. The van der Waals surface area contributed by atoms with Crippen LogP contribution in [0.1, 0.15) is 36.1 Å². The highest BCUT2D eigenvalue weighted by atomic mass is 35.5. The molecule has 27 heavy (non-hydrogen) atoms. The summed E-state index contributed by atoms with van der Waals surface area (Å²) >= 11 is 6.20. The second kappa shape index (κ2) is 8.88. The van der Waals surface area contributed by atoms with E-state index < -0.39 is 0 Å². The van der Waals surface area contributed by atoms with Crippen LogP contribution in [0, 0.1) is 0 Å². The lowest BCUT2D eigenvalue weighted by Gasteiger charge is -2.28. The van der Waals surface area contributed by atoms with E-state index in [2.05, 4.69) is 29.2 Å². The standard InChI is InChI=1S/C20H23ClN4O2/c1-3-24(4-2)18(19-10-7-13-27-19)14-22-20(26)16-11-12-25(23-16)17-9-6-5-8-15(17)21/h5-13,18H,3-4,14H2,1-2H3,(H,22,26). The molecule has 3 aromatic rings. The summed E-state index contributed by atoms with van der Waals surface area (Å²) in [4.78, 5) is 14.8. The van der Waals surface area contributed by atoms with E-state index in [0.717, 1.165) is 24.5 Å². The number of halogens is 1. The molecule has 142 valence electrons. The third-order valence-corrected chi connectivity index (χ3v) is 4.82. The molecule has 1 aromatic carbocycles. The fourth-order valence-corrected chi connectivity index (χ4v) is 3.27. The molecule has 3 rings (SSSR count). The van der Waals surface area contributed by atoms with Crippen molar-refractivity contribution in [3.05, 3.63) is 71.4 Å². The number of nitrogens with one attached hydrogen (secondary N) is 1. The van der Waals surface area contributed by atoms with Gasteiger partial charge in [0.2, 0.25) is 0 Å². The van der Waals surface area contributed by atoms with Crippen molar-refractivity contribution < 1.29 is 9.21 Å². The van der Waals surface area contributed by atoms with Crippen LogP contribution in [0.2, 0.25) is 5.02 Å². The van der Waals surface area contributed by atoms with Crippen LogP contribution in [0.15, 0.2) is 59.3 Å². The predicted molar refractivity (Wildman–Crippen MR) is 105 cm³/mol. The van der Waals surface area contributed by atoms with Gasteiger partial charge in [-0.05, 0) is 43.4 Å². The summed E-state index contributed by atoms with van der Waals surface area (Å²) in [5.74, 6) is 0.602. The second-order valence-corrected chi connectivity index (χ2v) is 6.47.